The smallest absolute Gasteiger partial charge is 0.324 e. The van der Waals surface area contributed by atoms with Crippen molar-refractivity contribution in [3.8, 4) is 5.75 Å². The van der Waals surface area contributed by atoms with Crippen molar-refractivity contribution in [3.63, 3.8) is 0 Å². The second-order valence-corrected chi connectivity index (χ2v) is 20.2. The third kappa shape index (κ3) is 8.35. The Hall–Kier alpha value is -2.12. The molecule has 0 aliphatic carbocycles. The van der Waals surface area contributed by atoms with Crippen molar-refractivity contribution in [3.05, 3.63) is 28.8 Å². The molecule has 1 aromatic carbocycles. The number of rotatable bonds is 10. The Labute approximate surface area is 299 Å². The SMILES string of the molecule is CN1C(C)(C)CC(C(C(=O)O)(C(=O)OCCCCCc2cc(C(C)(C)C)c(O)c(C(C)(C)C)c2)C2CC(C)(C)N(C)C(C)(C)C2)CC1(C)C. The minimum Gasteiger partial charge on any atom is -0.507 e. The topological polar surface area (TPSA) is 90.3 Å². The molecule has 0 bridgehead atoms. The lowest BCUT2D eigenvalue weighted by atomic mass is 9.53. The predicted octanol–water partition coefficient (Wildman–Crippen LogP) is 9.11. The van der Waals surface area contributed by atoms with E-state index in [0.717, 1.165) is 30.4 Å². The molecule has 1 aromatic rings. The van der Waals surface area contributed by atoms with Crippen LogP contribution in [0.15, 0.2) is 12.1 Å². The summed E-state index contributed by atoms with van der Waals surface area (Å²) in [7, 11) is 4.23. The third-order valence-corrected chi connectivity index (χ3v) is 12.7. The number of hydrogen-bond acceptors (Lipinski definition) is 6. The maximum atomic E-state index is 14.6. The fourth-order valence-corrected chi connectivity index (χ4v) is 9.36. The van der Waals surface area contributed by atoms with Crippen molar-refractivity contribution in [2.24, 2.45) is 17.3 Å². The number of aromatic hydroxyl groups is 1. The standard InChI is InChI=1S/C42H72N2O5/c1-36(2,3)31-22-28(23-32(33(31)45)37(4,5)6)20-18-17-19-21-49-35(48)42(34(46)47,29-24-38(7,8)43(15)39(9,10)25-29)30-26-40(11,12)44(16)41(13,14)27-30/h22-23,29-30,45H,17-21,24-27H2,1-16H3,(H,46,47). The summed E-state index contributed by atoms with van der Waals surface area (Å²) in [6.07, 6.45) is 5.75. The number of unbranched alkanes of at least 4 members (excludes halogenated alkanes) is 2. The number of carbonyl (C=O) groups is 2. The van der Waals surface area contributed by atoms with Crippen LogP contribution in [-0.2, 0) is 31.6 Å². The van der Waals surface area contributed by atoms with Gasteiger partial charge in [0.25, 0.3) is 0 Å². The van der Waals surface area contributed by atoms with Crippen molar-refractivity contribution in [1.82, 2.24) is 9.80 Å². The Morgan fingerprint density at radius 2 is 1.08 bits per heavy atom. The number of carboxylic acid groups (broad SMARTS) is 1. The molecule has 3 rings (SSSR count). The highest BCUT2D eigenvalue weighted by Crippen LogP contribution is 2.56. The largest absolute Gasteiger partial charge is 0.507 e. The van der Waals surface area contributed by atoms with Gasteiger partial charge in [0.1, 0.15) is 5.75 Å². The number of aryl methyl sites for hydroxylation is 1. The number of nitrogens with zero attached hydrogens (tertiary/aromatic N) is 2. The van der Waals surface area contributed by atoms with Crippen LogP contribution in [0.1, 0.15) is 159 Å². The number of phenols is 1. The van der Waals surface area contributed by atoms with Crippen LogP contribution >= 0.6 is 0 Å². The van der Waals surface area contributed by atoms with Crippen LogP contribution in [-0.4, -0.2) is 74.8 Å². The van der Waals surface area contributed by atoms with E-state index in [0.29, 0.717) is 37.9 Å². The molecule has 0 spiro atoms. The fourth-order valence-electron chi connectivity index (χ4n) is 9.36. The van der Waals surface area contributed by atoms with Gasteiger partial charge in [0, 0.05) is 22.2 Å². The van der Waals surface area contributed by atoms with Crippen molar-refractivity contribution in [1.29, 1.82) is 0 Å². The van der Waals surface area contributed by atoms with Crippen molar-refractivity contribution >= 4 is 11.9 Å². The molecule has 0 radical (unpaired) electrons. The zero-order valence-electron chi connectivity index (χ0n) is 34.2. The van der Waals surface area contributed by atoms with Crippen molar-refractivity contribution in [2.45, 2.75) is 181 Å². The molecule has 2 aliphatic rings. The summed E-state index contributed by atoms with van der Waals surface area (Å²) in [6.45, 7) is 30.4. The molecule has 2 fully saturated rings. The third-order valence-electron chi connectivity index (χ3n) is 12.7. The summed E-state index contributed by atoms with van der Waals surface area (Å²) in [5.41, 5.74) is 0.0245. The number of carboxylic acids is 1. The van der Waals surface area contributed by atoms with Gasteiger partial charge in [0.15, 0.2) is 5.41 Å². The molecule has 0 saturated carbocycles. The average molecular weight is 685 g/mol. The van der Waals surface area contributed by atoms with Gasteiger partial charge in [-0.2, -0.15) is 0 Å². The number of piperidine rings is 2. The van der Waals surface area contributed by atoms with Gasteiger partial charge in [-0.15, -0.1) is 0 Å². The Bertz CT molecular complexity index is 1250. The van der Waals surface area contributed by atoms with E-state index in [9.17, 15) is 19.8 Å². The van der Waals surface area contributed by atoms with Crippen molar-refractivity contribution in [2.75, 3.05) is 20.7 Å². The first-order chi connectivity index (χ1) is 22.0. The Balaban J connectivity index is 1.86. The van der Waals surface area contributed by atoms with Crippen LogP contribution in [0.5, 0.6) is 5.75 Å². The molecule has 0 atom stereocenters. The Kier molecular flexibility index (Phi) is 11.6. The molecular weight excluding hydrogens is 612 g/mol. The molecule has 2 aliphatic heterocycles. The molecule has 2 N–H and O–H groups in total. The number of ether oxygens (including phenoxy) is 1. The van der Waals surface area contributed by atoms with Crippen LogP contribution in [0.3, 0.4) is 0 Å². The quantitative estimate of drug-likeness (QED) is 0.144. The zero-order chi connectivity index (χ0) is 37.8. The summed E-state index contributed by atoms with van der Waals surface area (Å²) in [4.78, 5) is 33.1. The maximum absolute atomic E-state index is 14.6. The molecule has 280 valence electrons. The summed E-state index contributed by atoms with van der Waals surface area (Å²) in [6, 6.07) is 4.28. The highest BCUT2D eigenvalue weighted by molar-refractivity contribution is 6.00. The van der Waals surface area contributed by atoms with Gasteiger partial charge in [-0.05, 0) is 160 Å². The number of carbonyl (C=O) groups excluding carboxylic acids is 1. The number of likely N-dealkylation sites (tertiary alicyclic amines) is 2. The maximum Gasteiger partial charge on any atom is 0.324 e. The van der Waals surface area contributed by atoms with Crippen LogP contribution in [0.25, 0.3) is 0 Å². The molecule has 49 heavy (non-hydrogen) atoms. The summed E-state index contributed by atoms with van der Waals surface area (Å²) in [5.74, 6) is -1.91. The van der Waals surface area contributed by atoms with Gasteiger partial charge in [0.05, 0.1) is 6.61 Å². The van der Waals surface area contributed by atoms with Gasteiger partial charge in [0.2, 0.25) is 0 Å². The van der Waals surface area contributed by atoms with Crippen molar-refractivity contribution < 1.29 is 24.5 Å². The molecule has 0 amide bonds. The lowest BCUT2D eigenvalue weighted by molar-refractivity contribution is -0.194. The summed E-state index contributed by atoms with van der Waals surface area (Å²) >= 11 is 0. The lowest BCUT2D eigenvalue weighted by Gasteiger charge is -2.60. The number of esters is 1. The van der Waals surface area contributed by atoms with Crippen LogP contribution < -0.4 is 0 Å². The average Bonchev–Trinajstić information content (AvgIpc) is 2.91. The summed E-state index contributed by atoms with van der Waals surface area (Å²) in [5, 5.41) is 22.4. The minimum atomic E-state index is -1.63. The van der Waals surface area contributed by atoms with Gasteiger partial charge >= 0.3 is 11.9 Å². The number of hydrogen-bond donors (Lipinski definition) is 2. The lowest BCUT2D eigenvalue weighted by Crippen LogP contribution is -2.67. The van der Waals surface area contributed by atoms with Gasteiger partial charge in [-0.1, -0.05) is 53.7 Å². The molecule has 7 nitrogen and oxygen atoms in total. The number of phenolic OH excluding ortho intramolecular Hbond substituents is 1. The summed E-state index contributed by atoms with van der Waals surface area (Å²) < 4.78 is 6.12. The van der Waals surface area contributed by atoms with E-state index in [2.05, 4.69) is 133 Å². The zero-order valence-corrected chi connectivity index (χ0v) is 34.2. The molecule has 7 heteroatoms. The van der Waals surface area contributed by atoms with E-state index < -0.39 is 17.4 Å². The van der Waals surface area contributed by atoms with Crippen LogP contribution in [0, 0.1) is 17.3 Å². The van der Waals surface area contributed by atoms with E-state index in [-0.39, 0.29) is 51.4 Å². The monoisotopic (exact) mass is 685 g/mol. The first-order valence-electron chi connectivity index (χ1n) is 18.8. The molecule has 2 heterocycles. The van der Waals surface area contributed by atoms with E-state index in [1.54, 1.807) is 0 Å². The van der Waals surface area contributed by atoms with E-state index in [4.69, 9.17) is 4.74 Å². The van der Waals surface area contributed by atoms with Gasteiger partial charge in [-0.3, -0.25) is 19.4 Å². The highest BCUT2D eigenvalue weighted by Gasteiger charge is 2.65. The molecule has 0 unspecified atom stereocenters. The number of benzene rings is 1. The fraction of sp³-hybridized carbons (Fsp3) is 0.810. The molecule has 0 aromatic heterocycles. The van der Waals surface area contributed by atoms with E-state index in [1.807, 2.05) is 0 Å². The van der Waals surface area contributed by atoms with E-state index >= 15 is 0 Å². The van der Waals surface area contributed by atoms with Gasteiger partial charge < -0.3 is 14.9 Å². The van der Waals surface area contributed by atoms with Crippen LogP contribution in [0.4, 0.5) is 0 Å². The van der Waals surface area contributed by atoms with E-state index in [1.165, 1.54) is 5.56 Å². The molecular formula is C42H72N2O5. The minimum absolute atomic E-state index is 0.179. The second-order valence-electron chi connectivity index (χ2n) is 20.2. The van der Waals surface area contributed by atoms with Gasteiger partial charge in [-0.25, -0.2) is 0 Å². The normalized spacial score (nSPS) is 22.2. The van der Waals surface area contributed by atoms with Crippen LogP contribution in [0.2, 0.25) is 0 Å². The predicted molar refractivity (Wildman–Crippen MR) is 201 cm³/mol. The first kappa shape index (κ1) is 41.3. The Morgan fingerprint density at radius 3 is 1.41 bits per heavy atom. The second kappa shape index (κ2) is 13.8. The number of aliphatic carboxylic acids is 1. The first-order valence-corrected chi connectivity index (χ1v) is 18.8. The molecule has 2 saturated heterocycles. The Morgan fingerprint density at radius 1 is 0.714 bits per heavy atom. The highest BCUT2D eigenvalue weighted by atomic mass is 16.5.